The zero-order valence-corrected chi connectivity index (χ0v) is 23.3. The first-order valence-electron chi connectivity index (χ1n) is 13.9. The lowest BCUT2D eigenvalue weighted by Gasteiger charge is -2.42. The van der Waals surface area contributed by atoms with Crippen LogP contribution >= 0.6 is 0 Å². The van der Waals surface area contributed by atoms with Gasteiger partial charge in [-0.05, 0) is 79.4 Å². The maximum absolute atomic E-state index is 13.3. The Labute approximate surface area is 241 Å². The molecule has 0 aromatic heterocycles. The number of piperidine rings is 1. The third kappa shape index (κ3) is 8.49. The molecule has 3 aromatic carbocycles. The van der Waals surface area contributed by atoms with Crippen LogP contribution in [-0.2, 0) is 35.5 Å². The van der Waals surface area contributed by atoms with Crippen LogP contribution in [0.1, 0.15) is 47.6 Å². The van der Waals surface area contributed by atoms with Gasteiger partial charge in [0.15, 0.2) is 0 Å². The highest BCUT2D eigenvalue weighted by molar-refractivity contribution is 5.33. The van der Waals surface area contributed by atoms with Gasteiger partial charge in [-0.15, -0.1) is 0 Å². The number of ether oxygens (including phenoxy) is 2. The van der Waals surface area contributed by atoms with E-state index in [1.807, 2.05) is 54.6 Å². The molecule has 4 nitrogen and oxygen atoms in total. The molecule has 0 amide bonds. The molecule has 0 spiro atoms. The Morgan fingerprint density at radius 3 is 2.07 bits per heavy atom. The second kappa shape index (κ2) is 13.5. The number of aryl methyl sites for hydroxylation is 1. The van der Waals surface area contributed by atoms with Crippen molar-refractivity contribution >= 4 is 0 Å². The van der Waals surface area contributed by atoms with Crippen LogP contribution < -0.4 is 4.74 Å². The van der Waals surface area contributed by atoms with Gasteiger partial charge in [-0.1, -0.05) is 49.4 Å². The number of hydrogen-bond donors (Lipinski definition) is 1. The van der Waals surface area contributed by atoms with Gasteiger partial charge in [0.05, 0.1) is 24.3 Å². The van der Waals surface area contributed by atoms with Crippen LogP contribution in [0.2, 0.25) is 0 Å². The Balaban J connectivity index is 1.38. The van der Waals surface area contributed by atoms with Gasteiger partial charge in [-0.25, -0.2) is 0 Å². The predicted octanol–water partition coefficient (Wildman–Crippen LogP) is 7.28. The molecule has 1 aliphatic rings. The minimum Gasteiger partial charge on any atom is -0.491 e. The topological polar surface area (TPSA) is 41.9 Å². The molecule has 0 bridgehead atoms. The average Bonchev–Trinajstić information content (AvgIpc) is 2.96. The van der Waals surface area contributed by atoms with Gasteiger partial charge in [-0.3, -0.25) is 0 Å². The summed E-state index contributed by atoms with van der Waals surface area (Å²) in [6.45, 7) is 3.60. The quantitative estimate of drug-likeness (QED) is 0.237. The molecule has 228 valence electrons. The predicted molar refractivity (Wildman–Crippen MR) is 147 cm³/mol. The molecule has 0 aliphatic carbocycles. The number of likely N-dealkylation sites (tertiary alicyclic amines) is 1. The molecule has 1 heterocycles. The lowest BCUT2D eigenvalue weighted by atomic mass is 9.73. The number of alkyl halides is 6. The summed E-state index contributed by atoms with van der Waals surface area (Å²) in [5, 5.41) is 10.6. The molecule has 4 rings (SSSR count). The lowest BCUT2D eigenvalue weighted by molar-refractivity contribution is -0.143. The summed E-state index contributed by atoms with van der Waals surface area (Å²) < 4.78 is 91.3. The van der Waals surface area contributed by atoms with E-state index in [1.54, 1.807) is 0 Å². The van der Waals surface area contributed by atoms with Crippen LogP contribution in [0.4, 0.5) is 26.3 Å². The molecule has 3 aromatic rings. The highest BCUT2D eigenvalue weighted by Gasteiger charge is 2.38. The summed E-state index contributed by atoms with van der Waals surface area (Å²) in [7, 11) is 0. The van der Waals surface area contributed by atoms with Gasteiger partial charge in [0.1, 0.15) is 18.5 Å². The normalized spacial score (nSPS) is 16.8. The zero-order chi connectivity index (χ0) is 30.4. The maximum atomic E-state index is 13.3. The van der Waals surface area contributed by atoms with Crippen LogP contribution in [0.5, 0.6) is 5.75 Å². The van der Waals surface area contributed by atoms with Crippen molar-refractivity contribution < 1.29 is 40.9 Å². The molecule has 1 saturated heterocycles. The monoisotopic (exact) mass is 595 g/mol. The first-order valence-corrected chi connectivity index (χ1v) is 13.9. The number of aliphatic hydroxyl groups is 1. The van der Waals surface area contributed by atoms with Crippen molar-refractivity contribution in [3.63, 3.8) is 0 Å². The smallest absolute Gasteiger partial charge is 0.416 e. The van der Waals surface area contributed by atoms with Crippen molar-refractivity contribution in [1.29, 1.82) is 0 Å². The lowest BCUT2D eigenvalue weighted by Crippen LogP contribution is -2.47. The Bertz CT molecular complexity index is 1260. The number of β-amino-alcohol motifs (C(OH)–C–C–N with tert-alkyl or cyclic N) is 1. The first kappa shape index (κ1) is 31.8. The Kier molecular flexibility index (Phi) is 10.2. The highest BCUT2D eigenvalue weighted by Crippen LogP contribution is 2.38. The summed E-state index contributed by atoms with van der Waals surface area (Å²) in [5.41, 5.74) is -1.25. The summed E-state index contributed by atoms with van der Waals surface area (Å²) in [5.74, 6) is 0.704. The van der Waals surface area contributed by atoms with E-state index in [2.05, 4.69) is 11.8 Å². The molecule has 1 unspecified atom stereocenters. The van der Waals surface area contributed by atoms with Crippen molar-refractivity contribution in [3.05, 3.63) is 101 Å². The third-order valence-electron chi connectivity index (χ3n) is 7.71. The van der Waals surface area contributed by atoms with Crippen LogP contribution in [-0.4, -0.2) is 49.0 Å². The van der Waals surface area contributed by atoms with Crippen LogP contribution in [0.25, 0.3) is 0 Å². The number of hydrogen-bond acceptors (Lipinski definition) is 4. The van der Waals surface area contributed by atoms with Gasteiger partial charge < -0.3 is 19.5 Å². The maximum Gasteiger partial charge on any atom is 0.416 e. The molecule has 42 heavy (non-hydrogen) atoms. The minimum atomic E-state index is -4.91. The number of halogens is 6. The van der Waals surface area contributed by atoms with Crippen LogP contribution in [0.15, 0.2) is 72.8 Å². The molecular formula is C32H35F6NO3. The third-order valence-corrected chi connectivity index (χ3v) is 7.71. The van der Waals surface area contributed by atoms with Crippen molar-refractivity contribution in [1.82, 2.24) is 4.90 Å². The second-order valence-electron chi connectivity index (χ2n) is 10.8. The fourth-order valence-electron chi connectivity index (χ4n) is 5.34. The number of benzene rings is 3. The summed E-state index contributed by atoms with van der Waals surface area (Å²) in [4.78, 5) is 2.13. The summed E-state index contributed by atoms with van der Waals surface area (Å²) >= 11 is 0. The van der Waals surface area contributed by atoms with Gasteiger partial charge in [0.25, 0.3) is 0 Å². The van der Waals surface area contributed by atoms with E-state index in [4.69, 9.17) is 9.47 Å². The van der Waals surface area contributed by atoms with Gasteiger partial charge in [0.2, 0.25) is 0 Å². The fraction of sp³-hybridized carbons (Fsp3) is 0.438. The van der Waals surface area contributed by atoms with E-state index in [1.165, 1.54) is 0 Å². The van der Waals surface area contributed by atoms with Crippen LogP contribution in [0, 0.1) is 0 Å². The molecule has 1 aliphatic heterocycles. The van der Waals surface area contributed by atoms with Crippen molar-refractivity contribution in [2.75, 3.05) is 32.8 Å². The van der Waals surface area contributed by atoms with Crippen molar-refractivity contribution in [2.45, 2.75) is 56.7 Å². The Morgan fingerprint density at radius 1 is 0.833 bits per heavy atom. The molecule has 0 saturated carbocycles. The molecular weight excluding hydrogens is 560 g/mol. The van der Waals surface area contributed by atoms with E-state index in [9.17, 15) is 31.4 Å². The molecule has 1 fully saturated rings. The number of rotatable bonds is 11. The Morgan fingerprint density at radius 2 is 1.48 bits per heavy atom. The summed E-state index contributed by atoms with van der Waals surface area (Å²) in [6.07, 6.45) is -8.37. The minimum absolute atomic E-state index is 0.117. The average molecular weight is 596 g/mol. The molecule has 1 N–H and O–H groups in total. The van der Waals surface area contributed by atoms with Gasteiger partial charge in [-0.2, -0.15) is 26.3 Å². The van der Waals surface area contributed by atoms with Gasteiger partial charge in [0, 0.05) is 12.0 Å². The fourth-order valence-corrected chi connectivity index (χ4v) is 5.34. The van der Waals surface area contributed by atoms with E-state index in [-0.39, 0.29) is 31.5 Å². The van der Waals surface area contributed by atoms with Crippen molar-refractivity contribution in [3.8, 4) is 5.75 Å². The zero-order valence-electron chi connectivity index (χ0n) is 23.3. The highest BCUT2D eigenvalue weighted by atomic mass is 19.4. The molecule has 0 radical (unpaired) electrons. The van der Waals surface area contributed by atoms with E-state index >= 15 is 0 Å². The SMILES string of the molecule is CCc1cccc(OCC(O)CN2CCC(COCc3cc(C(F)(F)F)cc(C(F)(F)F)c3)(c3ccccc3)CC2)c1. The molecule has 10 heteroatoms. The van der Waals surface area contributed by atoms with E-state index in [0.717, 1.165) is 17.5 Å². The van der Waals surface area contributed by atoms with Crippen LogP contribution in [0.3, 0.4) is 0 Å². The van der Waals surface area contributed by atoms with Gasteiger partial charge >= 0.3 is 12.4 Å². The van der Waals surface area contributed by atoms with E-state index < -0.39 is 35.0 Å². The molecule has 1 atom stereocenters. The second-order valence-corrected chi connectivity index (χ2v) is 10.8. The largest absolute Gasteiger partial charge is 0.491 e. The van der Waals surface area contributed by atoms with Crippen molar-refractivity contribution in [2.24, 2.45) is 0 Å². The van der Waals surface area contributed by atoms with E-state index in [0.29, 0.717) is 50.4 Å². The number of aliphatic hydroxyl groups excluding tert-OH is 1. The number of nitrogens with zero attached hydrogens (tertiary/aromatic N) is 1. The summed E-state index contributed by atoms with van der Waals surface area (Å²) in [6, 6.07) is 18.8. The Hall–Kier alpha value is -3.08. The first-order chi connectivity index (χ1) is 19.9. The standard InChI is InChI=1S/C32H35F6NO3/c1-2-23-7-6-10-29(17-23)42-21-28(40)19-39-13-11-30(12-14-39,25-8-4-3-5-9-25)22-41-20-24-15-26(31(33,34)35)18-27(16-24)32(36,37)38/h3-10,15-18,28,40H,2,11-14,19-22H2,1H3.